The monoisotopic (exact) mass is 467 g/mol. The Labute approximate surface area is 188 Å². The summed E-state index contributed by atoms with van der Waals surface area (Å²) in [4.78, 5) is 16.9. The van der Waals surface area contributed by atoms with Crippen LogP contribution in [0.15, 0.2) is 78.0 Å². The van der Waals surface area contributed by atoms with Crippen molar-refractivity contribution in [1.82, 2.24) is 14.6 Å². The summed E-state index contributed by atoms with van der Waals surface area (Å²) < 4.78 is 48.8. The van der Waals surface area contributed by atoms with E-state index in [0.29, 0.717) is 22.9 Å². The number of sulfonamides is 1. The molecule has 5 rings (SSSR count). The summed E-state index contributed by atoms with van der Waals surface area (Å²) in [5, 5.41) is 7.01. The molecule has 2 aromatic heterocycles. The zero-order valence-electron chi connectivity index (χ0n) is 17.1. The Morgan fingerprint density at radius 3 is 2.67 bits per heavy atom. The molecule has 0 fully saturated rings. The van der Waals surface area contributed by atoms with Crippen molar-refractivity contribution in [2.75, 3.05) is 16.2 Å². The van der Waals surface area contributed by atoms with Crippen molar-refractivity contribution >= 4 is 33.0 Å². The highest BCUT2D eigenvalue weighted by Crippen LogP contribution is 2.37. The fourth-order valence-corrected chi connectivity index (χ4v) is 5.34. The van der Waals surface area contributed by atoms with Crippen LogP contribution in [0.5, 0.6) is 5.88 Å². The molecule has 0 saturated heterocycles. The lowest BCUT2D eigenvalue weighted by molar-refractivity contribution is -0.117. The largest absolute Gasteiger partial charge is 0.477 e. The summed E-state index contributed by atoms with van der Waals surface area (Å²) in [6.45, 7) is 0.0307. The molecule has 11 heteroatoms. The number of para-hydroxylation sites is 2. The maximum Gasteiger partial charge on any atom is 0.265 e. The fraction of sp³-hybridized carbons (Fsp3) is 0.136. The van der Waals surface area contributed by atoms with Gasteiger partial charge in [0.15, 0.2) is 5.65 Å². The number of rotatable bonds is 6. The van der Waals surface area contributed by atoms with E-state index in [9.17, 15) is 17.6 Å². The second-order valence-electron chi connectivity index (χ2n) is 7.32. The molecule has 0 bridgehead atoms. The number of aromatic nitrogens is 3. The summed E-state index contributed by atoms with van der Waals surface area (Å²) in [6.07, 6.45) is 3.34. The Morgan fingerprint density at radius 1 is 1.06 bits per heavy atom. The van der Waals surface area contributed by atoms with Gasteiger partial charge in [0, 0.05) is 24.9 Å². The topological polar surface area (TPSA) is 106 Å². The standard InChI is InChI=1S/C22H18FN5O4S/c23-15-5-7-16(8-6-15)33(30,31)28-18-4-2-1-3-17(18)25-22(29)19(28)11-14-32-21-10-9-20-24-12-13-27(20)26-21/h1-10,12-13,19H,11,14H2,(H,25,29). The molecule has 1 atom stereocenters. The first kappa shape index (κ1) is 20.9. The Balaban J connectivity index is 1.45. The molecule has 4 aromatic rings. The third-order valence-electron chi connectivity index (χ3n) is 5.23. The fourth-order valence-electron chi connectivity index (χ4n) is 3.68. The molecule has 1 unspecified atom stereocenters. The van der Waals surface area contributed by atoms with Crippen LogP contribution >= 0.6 is 0 Å². The quantitative estimate of drug-likeness (QED) is 0.468. The van der Waals surface area contributed by atoms with Gasteiger partial charge in [0.2, 0.25) is 11.8 Å². The molecule has 3 heterocycles. The lowest BCUT2D eigenvalue weighted by atomic mass is 10.1. The van der Waals surface area contributed by atoms with E-state index in [-0.39, 0.29) is 17.9 Å². The Hall–Kier alpha value is -3.99. The van der Waals surface area contributed by atoms with Crippen LogP contribution in [0.1, 0.15) is 6.42 Å². The molecule has 168 valence electrons. The van der Waals surface area contributed by atoms with E-state index in [1.54, 1.807) is 53.3 Å². The second kappa shape index (κ2) is 8.17. The van der Waals surface area contributed by atoms with Crippen molar-refractivity contribution in [3.63, 3.8) is 0 Å². The SMILES string of the molecule is O=C1Nc2ccccc2N(S(=O)(=O)c2ccc(F)cc2)C1CCOc1ccc2nccn2n1. The normalized spacial score (nSPS) is 15.8. The number of ether oxygens (including phenoxy) is 1. The first-order valence-electron chi connectivity index (χ1n) is 10.1. The number of imidazole rings is 1. The number of amides is 1. The zero-order chi connectivity index (χ0) is 23.0. The minimum Gasteiger partial charge on any atom is -0.477 e. The van der Waals surface area contributed by atoms with Crippen molar-refractivity contribution in [2.45, 2.75) is 17.4 Å². The number of nitrogens with one attached hydrogen (secondary N) is 1. The third-order valence-corrected chi connectivity index (χ3v) is 7.06. The summed E-state index contributed by atoms with van der Waals surface area (Å²) in [5.41, 5.74) is 1.35. The van der Waals surface area contributed by atoms with E-state index in [1.165, 1.54) is 12.1 Å². The Kier molecular flexibility index (Phi) is 5.17. The van der Waals surface area contributed by atoms with Gasteiger partial charge in [-0.05, 0) is 42.5 Å². The van der Waals surface area contributed by atoms with Crippen LogP contribution in [0.2, 0.25) is 0 Å². The molecule has 1 aliphatic heterocycles. The van der Waals surface area contributed by atoms with Gasteiger partial charge >= 0.3 is 0 Å². The molecule has 1 amide bonds. The predicted molar refractivity (Wildman–Crippen MR) is 118 cm³/mol. The summed E-state index contributed by atoms with van der Waals surface area (Å²) in [5.74, 6) is -0.732. The maximum absolute atomic E-state index is 13.5. The van der Waals surface area contributed by atoms with Crippen LogP contribution in [0, 0.1) is 5.82 Å². The maximum atomic E-state index is 13.5. The van der Waals surface area contributed by atoms with Gasteiger partial charge in [0.1, 0.15) is 11.9 Å². The molecule has 0 radical (unpaired) electrons. The molecular formula is C22H18FN5O4S. The van der Waals surface area contributed by atoms with Crippen LogP contribution in [-0.2, 0) is 14.8 Å². The number of nitrogens with zero attached hydrogens (tertiary/aromatic N) is 4. The van der Waals surface area contributed by atoms with Crippen molar-refractivity contribution in [1.29, 1.82) is 0 Å². The number of carbonyl (C=O) groups is 1. The number of anilines is 2. The number of carbonyl (C=O) groups excluding carboxylic acids is 1. The molecule has 33 heavy (non-hydrogen) atoms. The molecule has 9 nitrogen and oxygen atoms in total. The average Bonchev–Trinajstić information content (AvgIpc) is 3.27. The predicted octanol–water partition coefficient (Wildman–Crippen LogP) is 2.85. The average molecular weight is 467 g/mol. The van der Waals surface area contributed by atoms with Gasteiger partial charge in [-0.1, -0.05) is 12.1 Å². The first-order valence-corrected chi connectivity index (χ1v) is 11.5. The Morgan fingerprint density at radius 2 is 1.85 bits per heavy atom. The highest BCUT2D eigenvalue weighted by molar-refractivity contribution is 7.93. The van der Waals surface area contributed by atoms with Crippen LogP contribution in [-0.4, -0.2) is 41.6 Å². The molecular weight excluding hydrogens is 449 g/mol. The van der Waals surface area contributed by atoms with E-state index in [4.69, 9.17) is 4.74 Å². The number of fused-ring (bicyclic) bond motifs is 2. The smallest absolute Gasteiger partial charge is 0.265 e. The number of halogens is 1. The van der Waals surface area contributed by atoms with Gasteiger partial charge in [0.05, 0.1) is 22.9 Å². The van der Waals surface area contributed by atoms with Crippen molar-refractivity contribution < 1.29 is 22.3 Å². The van der Waals surface area contributed by atoms with Gasteiger partial charge in [0.25, 0.3) is 10.0 Å². The van der Waals surface area contributed by atoms with Gasteiger partial charge in [-0.15, -0.1) is 5.10 Å². The van der Waals surface area contributed by atoms with Crippen molar-refractivity contribution in [2.24, 2.45) is 0 Å². The van der Waals surface area contributed by atoms with Gasteiger partial charge in [-0.2, -0.15) is 0 Å². The highest BCUT2D eigenvalue weighted by Gasteiger charge is 2.40. The second-order valence-corrected chi connectivity index (χ2v) is 9.13. The summed E-state index contributed by atoms with van der Waals surface area (Å²) in [6, 6.07) is 13.4. The van der Waals surface area contributed by atoms with Crippen molar-refractivity contribution in [3.05, 3.63) is 78.9 Å². The van der Waals surface area contributed by atoms with Crippen LogP contribution in [0.4, 0.5) is 15.8 Å². The van der Waals surface area contributed by atoms with Crippen LogP contribution in [0.25, 0.3) is 5.65 Å². The number of hydrogen-bond acceptors (Lipinski definition) is 6. The summed E-state index contributed by atoms with van der Waals surface area (Å²) in [7, 11) is -4.17. The van der Waals surface area contributed by atoms with Crippen molar-refractivity contribution in [3.8, 4) is 5.88 Å². The summed E-state index contributed by atoms with van der Waals surface area (Å²) >= 11 is 0. The molecule has 1 N–H and O–H groups in total. The van der Waals surface area contributed by atoms with Gasteiger partial charge < -0.3 is 10.1 Å². The number of hydrogen-bond donors (Lipinski definition) is 1. The lowest BCUT2D eigenvalue weighted by Gasteiger charge is -2.36. The van der Waals surface area contributed by atoms with E-state index < -0.39 is 27.8 Å². The van der Waals surface area contributed by atoms with Gasteiger partial charge in [-0.25, -0.2) is 22.3 Å². The molecule has 0 aliphatic carbocycles. The van der Waals surface area contributed by atoms with Crippen LogP contribution in [0.3, 0.4) is 0 Å². The Bertz CT molecular complexity index is 1440. The zero-order valence-corrected chi connectivity index (χ0v) is 17.9. The molecule has 0 saturated carbocycles. The highest BCUT2D eigenvalue weighted by atomic mass is 32.2. The van der Waals surface area contributed by atoms with Crippen LogP contribution < -0.4 is 14.4 Å². The minimum atomic E-state index is -4.17. The third kappa shape index (κ3) is 3.87. The van der Waals surface area contributed by atoms with E-state index in [0.717, 1.165) is 16.4 Å². The molecule has 1 aliphatic rings. The first-order chi connectivity index (χ1) is 15.9. The lowest BCUT2D eigenvalue weighted by Crippen LogP contribution is -2.51. The van der Waals surface area contributed by atoms with Gasteiger partial charge in [-0.3, -0.25) is 9.10 Å². The van der Waals surface area contributed by atoms with E-state index in [2.05, 4.69) is 15.4 Å². The minimum absolute atomic E-state index is 0.0307. The molecule has 2 aromatic carbocycles. The van der Waals surface area contributed by atoms with E-state index in [1.807, 2.05) is 0 Å². The number of benzene rings is 2. The van der Waals surface area contributed by atoms with E-state index >= 15 is 0 Å². The molecule has 0 spiro atoms.